The molecule has 0 aromatic heterocycles. The summed E-state index contributed by atoms with van der Waals surface area (Å²) in [6, 6.07) is -3.92. The lowest BCUT2D eigenvalue weighted by Crippen LogP contribution is -2.63. The maximum Gasteiger partial charge on any atom is 0.246 e. The second-order valence-electron chi connectivity index (χ2n) is 13.5. The molecule has 260 valence electrons. The van der Waals surface area contributed by atoms with Crippen LogP contribution in [0.4, 0.5) is 0 Å². The first kappa shape index (κ1) is 42.0. The van der Waals surface area contributed by atoms with Gasteiger partial charge in [-0.15, -0.1) is 0 Å². The zero-order valence-corrected chi connectivity index (χ0v) is 30.2. The number of nitrogens with zero attached hydrogens (tertiary/aromatic N) is 3. The van der Waals surface area contributed by atoms with Gasteiger partial charge in [-0.3, -0.25) is 24.0 Å². The Bertz CT molecular complexity index is 998. The standard InChI is InChI=1S/C34H63N5O6/c1-14-16-17-24(9)30(41)29(32(43)36-25(15-2)31(42)35-10)39(13)34(45)28(23(7)8)38(12)33(44)26(20-22(5)6)37(11)27(40)19-18-21(3)4/h14,16,21-26,28-30,41H,15,17-20H2,1-13H3,(H,35,42)(H,36,43)/b16-14+/t24-,25+,26+,28+,29?,30-/m1/s1. The van der Waals surface area contributed by atoms with E-state index >= 15 is 0 Å². The minimum atomic E-state index is -1.33. The molecule has 0 aromatic carbocycles. The molecule has 0 radical (unpaired) electrons. The van der Waals surface area contributed by atoms with Gasteiger partial charge in [0.15, 0.2) is 0 Å². The van der Waals surface area contributed by atoms with Crippen LogP contribution >= 0.6 is 0 Å². The molecule has 5 amide bonds. The lowest BCUT2D eigenvalue weighted by atomic mass is 9.91. The number of hydrogen-bond donors (Lipinski definition) is 3. The van der Waals surface area contributed by atoms with Gasteiger partial charge in [0, 0.05) is 34.6 Å². The van der Waals surface area contributed by atoms with E-state index in [1.54, 1.807) is 27.9 Å². The average molecular weight is 638 g/mol. The van der Waals surface area contributed by atoms with Gasteiger partial charge in [0.05, 0.1) is 6.10 Å². The summed E-state index contributed by atoms with van der Waals surface area (Å²) >= 11 is 0. The second kappa shape index (κ2) is 20.2. The van der Waals surface area contributed by atoms with Crippen molar-refractivity contribution in [3.05, 3.63) is 12.2 Å². The van der Waals surface area contributed by atoms with Crippen molar-refractivity contribution in [1.82, 2.24) is 25.3 Å². The fourth-order valence-electron chi connectivity index (χ4n) is 5.40. The molecular weight excluding hydrogens is 574 g/mol. The van der Waals surface area contributed by atoms with Crippen molar-refractivity contribution < 1.29 is 29.1 Å². The Kier molecular flexibility index (Phi) is 18.9. The Balaban J connectivity index is 6.57. The highest BCUT2D eigenvalue weighted by Crippen LogP contribution is 2.23. The van der Waals surface area contributed by atoms with E-state index in [-0.39, 0.29) is 29.6 Å². The second-order valence-corrected chi connectivity index (χ2v) is 13.5. The van der Waals surface area contributed by atoms with Crippen LogP contribution in [0.2, 0.25) is 0 Å². The molecule has 0 heterocycles. The van der Waals surface area contributed by atoms with Gasteiger partial charge in [0.2, 0.25) is 29.5 Å². The Hall–Kier alpha value is -2.95. The molecule has 45 heavy (non-hydrogen) atoms. The van der Waals surface area contributed by atoms with Crippen LogP contribution in [0, 0.1) is 23.7 Å². The molecule has 0 saturated carbocycles. The summed E-state index contributed by atoms with van der Waals surface area (Å²) in [7, 11) is 6.11. The fourth-order valence-corrected chi connectivity index (χ4v) is 5.40. The van der Waals surface area contributed by atoms with Crippen molar-refractivity contribution in [3.8, 4) is 0 Å². The van der Waals surface area contributed by atoms with E-state index in [1.165, 1.54) is 28.8 Å². The monoisotopic (exact) mass is 637 g/mol. The van der Waals surface area contributed by atoms with Crippen molar-refractivity contribution >= 4 is 29.5 Å². The van der Waals surface area contributed by atoms with Gasteiger partial charge in [-0.1, -0.05) is 67.5 Å². The molecule has 11 heteroatoms. The number of carbonyl (C=O) groups is 5. The number of hydrogen-bond acceptors (Lipinski definition) is 6. The normalized spacial score (nSPS) is 15.8. The summed E-state index contributed by atoms with van der Waals surface area (Å²) < 4.78 is 0. The van der Waals surface area contributed by atoms with Crippen LogP contribution in [0.25, 0.3) is 0 Å². The average Bonchev–Trinajstić information content (AvgIpc) is 2.98. The Labute approximate surface area is 272 Å². The van der Waals surface area contributed by atoms with Gasteiger partial charge < -0.3 is 30.4 Å². The first-order valence-corrected chi connectivity index (χ1v) is 16.5. The third kappa shape index (κ3) is 12.8. The van der Waals surface area contributed by atoms with Crippen molar-refractivity contribution in [2.75, 3.05) is 28.2 Å². The summed E-state index contributed by atoms with van der Waals surface area (Å²) in [5.74, 6) is -2.37. The van der Waals surface area contributed by atoms with E-state index in [9.17, 15) is 29.1 Å². The van der Waals surface area contributed by atoms with Gasteiger partial charge in [-0.25, -0.2) is 0 Å². The quantitative estimate of drug-likeness (QED) is 0.186. The van der Waals surface area contributed by atoms with Crippen LogP contribution in [0.1, 0.15) is 94.4 Å². The zero-order chi connectivity index (χ0) is 35.2. The number of carbonyl (C=O) groups excluding carboxylic acids is 5. The molecule has 0 bridgehead atoms. The molecule has 0 aromatic rings. The molecule has 0 saturated heterocycles. The summed E-state index contributed by atoms with van der Waals surface area (Å²) in [6.45, 7) is 17.1. The lowest BCUT2D eigenvalue weighted by Gasteiger charge is -2.40. The van der Waals surface area contributed by atoms with E-state index < -0.39 is 48.0 Å². The zero-order valence-electron chi connectivity index (χ0n) is 30.2. The molecule has 0 rings (SSSR count). The number of amides is 5. The van der Waals surface area contributed by atoms with Crippen LogP contribution < -0.4 is 10.6 Å². The molecule has 0 fully saturated rings. The summed E-state index contributed by atoms with van der Waals surface area (Å²) in [6.07, 6.45) is 4.69. The number of rotatable bonds is 19. The molecule has 0 aliphatic carbocycles. The molecule has 3 N–H and O–H groups in total. The van der Waals surface area contributed by atoms with Crippen LogP contribution in [-0.4, -0.2) is 108 Å². The van der Waals surface area contributed by atoms with E-state index in [1.807, 2.05) is 60.6 Å². The molecule has 11 nitrogen and oxygen atoms in total. The number of nitrogens with one attached hydrogen (secondary N) is 2. The van der Waals surface area contributed by atoms with Crippen molar-refractivity contribution in [2.24, 2.45) is 23.7 Å². The van der Waals surface area contributed by atoms with Crippen LogP contribution in [0.15, 0.2) is 12.2 Å². The molecule has 0 aliphatic rings. The first-order chi connectivity index (χ1) is 20.9. The largest absolute Gasteiger partial charge is 0.390 e. The minimum absolute atomic E-state index is 0.109. The van der Waals surface area contributed by atoms with E-state index in [2.05, 4.69) is 10.6 Å². The molecule has 6 atom stereocenters. The van der Waals surface area contributed by atoms with Gasteiger partial charge in [-0.05, 0) is 56.3 Å². The highest BCUT2D eigenvalue weighted by atomic mass is 16.3. The molecule has 0 aliphatic heterocycles. The van der Waals surface area contributed by atoms with E-state index in [4.69, 9.17) is 0 Å². The van der Waals surface area contributed by atoms with Gasteiger partial charge in [0.1, 0.15) is 24.2 Å². The van der Waals surface area contributed by atoms with Crippen molar-refractivity contribution in [2.45, 2.75) is 125 Å². The van der Waals surface area contributed by atoms with Crippen LogP contribution in [0.3, 0.4) is 0 Å². The van der Waals surface area contributed by atoms with Gasteiger partial charge >= 0.3 is 0 Å². The van der Waals surface area contributed by atoms with E-state index in [0.29, 0.717) is 38.0 Å². The summed E-state index contributed by atoms with van der Waals surface area (Å²) in [4.78, 5) is 71.6. The predicted octanol–water partition coefficient (Wildman–Crippen LogP) is 3.21. The van der Waals surface area contributed by atoms with Crippen LogP contribution in [-0.2, 0) is 24.0 Å². The number of likely N-dealkylation sites (N-methyl/N-ethyl adjacent to an activating group) is 4. The summed E-state index contributed by atoms with van der Waals surface area (Å²) in [5, 5.41) is 16.7. The lowest BCUT2D eigenvalue weighted by molar-refractivity contribution is -0.156. The molecule has 1 unspecified atom stereocenters. The number of allylic oxidation sites excluding steroid dienone is 2. The SMILES string of the molecule is C/C=C/C[C@@H](C)[C@@H](O)C(C(=O)N[C@@H](CC)C(=O)NC)N(C)C(=O)[C@H](C(C)C)N(C)C(=O)[C@H](CC(C)C)N(C)C(=O)CCC(C)C. The highest BCUT2D eigenvalue weighted by Gasteiger charge is 2.43. The minimum Gasteiger partial charge on any atom is -0.390 e. The Morgan fingerprint density at radius 3 is 1.80 bits per heavy atom. The Morgan fingerprint density at radius 2 is 1.36 bits per heavy atom. The Morgan fingerprint density at radius 1 is 0.800 bits per heavy atom. The van der Waals surface area contributed by atoms with E-state index in [0.717, 1.165) is 0 Å². The first-order valence-electron chi connectivity index (χ1n) is 16.5. The molecule has 0 spiro atoms. The maximum absolute atomic E-state index is 14.3. The fraction of sp³-hybridized carbons (Fsp3) is 0.794. The third-order valence-electron chi connectivity index (χ3n) is 8.40. The van der Waals surface area contributed by atoms with Crippen LogP contribution in [0.5, 0.6) is 0 Å². The number of aliphatic hydroxyl groups is 1. The smallest absolute Gasteiger partial charge is 0.246 e. The topological polar surface area (TPSA) is 139 Å². The van der Waals surface area contributed by atoms with Gasteiger partial charge in [0.25, 0.3) is 0 Å². The summed E-state index contributed by atoms with van der Waals surface area (Å²) in [5.41, 5.74) is 0. The van der Waals surface area contributed by atoms with Crippen molar-refractivity contribution in [1.29, 1.82) is 0 Å². The predicted molar refractivity (Wildman–Crippen MR) is 179 cm³/mol. The third-order valence-corrected chi connectivity index (χ3v) is 8.40. The van der Waals surface area contributed by atoms with Gasteiger partial charge in [-0.2, -0.15) is 0 Å². The molecular formula is C34H63N5O6. The maximum atomic E-state index is 14.3. The highest BCUT2D eigenvalue weighted by molar-refractivity contribution is 5.95. The number of aliphatic hydroxyl groups excluding tert-OH is 1. The van der Waals surface area contributed by atoms with Crippen molar-refractivity contribution in [3.63, 3.8) is 0 Å².